The number of hydrogen-bond donors (Lipinski definition) is 1. The molecule has 1 heterocycles. The lowest BCUT2D eigenvalue weighted by Crippen LogP contribution is -2.35. The van der Waals surface area contributed by atoms with Gasteiger partial charge in [0.05, 0.1) is 5.69 Å². The highest BCUT2D eigenvalue weighted by Gasteiger charge is 2.17. The number of nitrogens with zero attached hydrogens (tertiary/aromatic N) is 2. The molecule has 1 atom stereocenters. The van der Waals surface area contributed by atoms with E-state index in [0.717, 1.165) is 16.3 Å². The quantitative estimate of drug-likeness (QED) is 0.919. The summed E-state index contributed by atoms with van der Waals surface area (Å²) in [5, 5.41) is 11.9. The smallest absolute Gasteiger partial charge is 0.320 e. The van der Waals surface area contributed by atoms with Crippen LogP contribution < -0.4 is 0 Å². The number of carboxylic acid groups (broad SMARTS) is 1. The summed E-state index contributed by atoms with van der Waals surface area (Å²) < 4.78 is 0. The molecular formula is C15H18N2O2S. The Hall–Kier alpha value is -1.72. The molecule has 0 bridgehead atoms. The van der Waals surface area contributed by atoms with Crippen LogP contribution in [-0.2, 0) is 11.3 Å². The molecule has 20 heavy (non-hydrogen) atoms. The molecule has 0 fully saturated rings. The van der Waals surface area contributed by atoms with Crippen LogP contribution in [0.15, 0.2) is 29.6 Å². The maximum Gasteiger partial charge on any atom is 0.320 e. The van der Waals surface area contributed by atoms with Crippen molar-refractivity contribution in [2.75, 3.05) is 7.05 Å². The molecule has 0 aliphatic heterocycles. The van der Waals surface area contributed by atoms with Crippen LogP contribution in [0.1, 0.15) is 18.2 Å². The van der Waals surface area contributed by atoms with E-state index in [-0.39, 0.29) is 0 Å². The van der Waals surface area contributed by atoms with Gasteiger partial charge in [0, 0.05) is 17.5 Å². The number of aryl methyl sites for hydroxylation is 1. The molecule has 5 heteroatoms. The van der Waals surface area contributed by atoms with Crippen molar-refractivity contribution in [1.82, 2.24) is 9.88 Å². The third kappa shape index (κ3) is 3.43. The Kier molecular flexibility index (Phi) is 4.52. The third-order valence-electron chi connectivity index (χ3n) is 3.28. The van der Waals surface area contributed by atoms with E-state index in [9.17, 15) is 4.79 Å². The van der Waals surface area contributed by atoms with Gasteiger partial charge in [-0.15, -0.1) is 11.3 Å². The fraction of sp³-hybridized carbons (Fsp3) is 0.333. The lowest BCUT2D eigenvalue weighted by Gasteiger charge is -2.19. The number of carbonyl (C=O) groups is 1. The molecule has 0 saturated heterocycles. The van der Waals surface area contributed by atoms with Gasteiger partial charge in [-0.1, -0.05) is 29.8 Å². The van der Waals surface area contributed by atoms with Crippen LogP contribution in [0.4, 0.5) is 0 Å². The number of aromatic nitrogens is 1. The summed E-state index contributed by atoms with van der Waals surface area (Å²) in [7, 11) is 1.80. The molecule has 1 aromatic heterocycles. The molecule has 106 valence electrons. The van der Waals surface area contributed by atoms with E-state index >= 15 is 0 Å². The van der Waals surface area contributed by atoms with Crippen molar-refractivity contribution in [2.45, 2.75) is 26.4 Å². The fourth-order valence-electron chi connectivity index (χ4n) is 1.79. The van der Waals surface area contributed by atoms with Gasteiger partial charge in [-0.25, -0.2) is 4.98 Å². The predicted molar refractivity (Wildman–Crippen MR) is 80.9 cm³/mol. The monoisotopic (exact) mass is 290 g/mol. The van der Waals surface area contributed by atoms with Crippen LogP contribution in [0.5, 0.6) is 0 Å². The molecule has 0 saturated carbocycles. The van der Waals surface area contributed by atoms with Crippen molar-refractivity contribution in [3.63, 3.8) is 0 Å². The van der Waals surface area contributed by atoms with Gasteiger partial charge in [-0.05, 0) is 20.9 Å². The molecule has 2 rings (SSSR count). The lowest BCUT2D eigenvalue weighted by atomic mass is 10.2. The molecule has 1 aromatic carbocycles. The normalized spacial score (nSPS) is 12.6. The minimum atomic E-state index is -0.818. The molecule has 4 nitrogen and oxygen atoms in total. The van der Waals surface area contributed by atoms with Gasteiger partial charge in [-0.3, -0.25) is 9.69 Å². The summed E-state index contributed by atoms with van der Waals surface area (Å²) in [6.07, 6.45) is 0. The Morgan fingerprint density at radius 1 is 1.40 bits per heavy atom. The van der Waals surface area contributed by atoms with E-state index in [0.29, 0.717) is 6.54 Å². The number of likely N-dealkylation sites (N-methyl/N-ethyl adjacent to an activating group) is 1. The number of benzene rings is 1. The topological polar surface area (TPSA) is 53.4 Å². The predicted octanol–water partition coefficient (Wildman–Crippen LogP) is 3.02. The van der Waals surface area contributed by atoms with E-state index in [1.807, 2.05) is 5.38 Å². The van der Waals surface area contributed by atoms with Gasteiger partial charge in [0.15, 0.2) is 0 Å². The van der Waals surface area contributed by atoms with Gasteiger partial charge in [0.25, 0.3) is 0 Å². The van der Waals surface area contributed by atoms with E-state index in [4.69, 9.17) is 5.11 Å². The first-order chi connectivity index (χ1) is 9.47. The maximum absolute atomic E-state index is 10.9. The average molecular weight is 290 g/mol. The number of thiazole rings is 1. The Balaban J connectivity index is 2.09. The maximum atomic E-state index is 10.9. The number of aliphatic carboxylic acids is 1. The second kappa shape index (κ2) is 6.15. The first-order valence-corrected chi connectivity index (χ1v) is 7.30. The van der Waals surface area contributed by atoms with Gasteiger partial charge in [0.2, 0.25) is 0 Å². The number of carboxylic acids is 1. The molecule has 0 spiro atoms. The van der Waals surface area contributed by atoms with Crippen molar-refractivity contribution in [3.8, 4) is 10.6 Å². The summed E-state index contributed by atoms with van der Waals surface area (Å²) >= 11 is 1.59. The summed E-state index contributed by atoms with van der Waals surface area (Å²) in [4.78, 5) is 17.3. The average Bonchev–Trinajstić information content (AvgIpc) is 2.87. The summed E-state index contributed by atoms with van der Waals surface area (Å²) in [6.45, 7) is 4.27. The minimum absolute atomic E-state index is 0.514. The molecule has 0 amide bonds. The van der Waals surface area contributed by atoms with Crippen LogP contribution in [0.25, 0.3) is 10.6 Å². The fourth-order valence-corrected chi connectivity index (χ4v) is 2.61. The summed E-state index contributed by atoms with van der Waals surface area (Å²) in [5.74, 6) is -0.818. The van der Waals surface area contributed by atoms with E-state index in [1.165, 1.54) is 5.56 Å². The van der Waals surface area contributed by atoms with Crippen molar-refractivity contribution >= 4 is 17.3 Å². The molecule has 1 N–H and O–H groups in total. The number of hydrogen-bond acceptors (Lipinski definition) is 4. The van der Waals surface area contributed by atoms with Crippen molar-refractivity contribution in [1.29, 1.82) is 0 Å². The minimum Gasteiger partial charge on any atom is -0.480 e. The molecular weight excluding hydrogens is 272 g/mol. The van der Waals surface area contributed by atoms with Crippen molar-refractivity contribution in [2.24, 2.45) is 0 Å². The molecule has 1 unspecified atom stereocenters. The lowest BCUT2D eigenvalue weighted by molar-refractivity contribution is -0.142. The van der Waals surface area contributed by atoms with Gasteiger partial charge in [-0.2, -0.15) is 0 Å². The third-order valence-corrected chi connectivity index (χ3v) is 4.22. The zero-order valence-electron chi connectivity index (χ0n) is 11.8. The first-order valence-electron chi connectivity index (χ1n) is 6.42. The zero-order chi connectivity index (χ0) is 14.7. The highest BCUT2D eigenvalue weighted by molar-refractivity contribution is 7.13. The zero-order valence-corrected chi connectivity index (χ0v) is 12.6. The molecule has 2 aromatic rings. The first kappa shape index (κ1) is 14.7. The van der Waals surface area contributed by atoms with Gasteiger partial charge in [0.1, 0.15) is 11.0 Å². The van der Waals surface area contributed by atoms with Crippen LogP contribution in [0.2, 0.25) is 0 Å². The van der Waals surface area contributed by atoms with Gasteiger partial charge >= 0.3 is 5.97 Å². The summed E-state index contributed by atoms with van der Waals surface area (Å²) in [6, 6.07) is 7.73. The Labute approximate surface area is 122 Å². The van der Waals surface area contributed by atoms with E-state index < -0.39 is 12.0 Å². The van der Waals surface area contributed by atoms with Crippen molar-refractivity contribution < 1.29 is 9.90 Å². The largest absolute Gasteiger partial charge is 0.480 e. The molecule has 0 radical (unpaired) electrons. The second-order valence-electron chi connectivity index (χ2n) is 4.94. The highest BCUT2D eigenvalue weighted by atomic mass is 32.1. The molecule has 0 aliphatic carbocycles. The van der Waals surface area contributed by atoms with E-state index in [2.05, 4.69) is 36.2 Å². The van der Waals surface area contributed by atoms with Crippen molar-refractivity contribution in [3.05, 3.63) is 40.9 Å². The Morgan fingerprint density at radius 3 is 2.65 bits per heavy atom. The van der Waals surface area contributed by atoms with Crippen LogP contribution in [-0.4, -0.2) is 34.0 Å². The van der Waals surface area contributed by atoms with Crippen LogP contribution >= 0.6 is 11.3 Å². The number of rotatable bonds is 5. The standard InChI is InChI=1S/C15H18N2O2S/c1-10-4-6-12(7-5-10)14-16-13(9-20-14)8-17(3)11(2)15(18)19/h4-7,9,11H,8H2,1-3H3,(H,18,19). The Morgan fingerprint density at radius 2 is 2.05 bits per heavy atom. The van der Waals surface area contributed by atoms with Gasteiger partial charge < -0.3 is 5.11 Å². The van der Waals surface area contributed by atoms with Crippen LogP contribution in [0.3, 0.4) is 0 Å². The second-order valence-corrected chi connectivity index (χ2v) is 5.80. The SMILES string of the molecule is Cc1ccc(-c2nc(CN(C)C(C)C(=O)O)cs2)cc1. The highest BCUT2D eigenvalue weighted by Crippen LogP contribution is 2.24. The summed E-state index contributed by atoms with van der Waals surface area (Å²) in [5.41, 5.74) is 3.22. The van der Waals surface area contributed by atoms with E-state index in [1.54, 1.807) is 30.2 Å². The van der Waals surface area contributed by atoms with Crippen LogP contribution in [0, 0.1) is 6.92 Å². The Bertz CT molecular complexity index is 592. The molecule has 0 aliphatic rings.